The molecular weight excluding hydrogens is 543 g/mol. The first-order chi connectivity index (χ1) is 21.2. The highest BCUT2D eigenvalue weighted by Crippen LogP contribution is 2.48. The standard InChI is InChI=1S/C39H25N2OP/c42-43(29-16-3-1-4-17-29,30-18-5-2-6-19-30)36-25-28-15-9-10-20-31(28)38-37(36)32-23-26-13-7-8-14-27(26)24-35(32)41-34-22-12-11-21-33(34)40-39(38)41/h1-25H. The molecule has 4 heteroatoms. The number of imidazole rings is 1. The summed E-state index contributed by atoms with van der Waals surface area (Å²) >= 11 is 0. The van der Waals surface area contributed by atoms with Gasteiger partial charge in [0.2, 0.25) is 0 Å². The number of hydrogen-bond donors (Lipinski definition) is 0. The van der Waals surface area contributed by atoms with Crippen LogP contribution >= 0.6 is 7.14 Å². The molecule has 202 valence electrons. The fourth-order valence-electron chi connectivity index (χ4n) is 6.84. The van der Waals surface area contributed by atoms with Gasteiger partial charge >= 0.3 is 0 Å². The van der Waals surface area contributed by atoms with Gasteiger partial charge in [-0.05, 0) is 51.9 Å². The molecule has 0 bridgehead atoms. The molecule has 0 aliphatic carbocycles. The fourth-order valence-corrected chi connectivity index (χ4v) is 9.75. The summed E-state index contributed by atoms with van der Waals surface area (Å²) in [5.74, 6) is 0. The van der Waals surface area contributed by atoms with Crippen LogP contribution in [0.4, 0.5) is 0 Å². The van der Waals surface area contributed by atoms with E-state index in [9.17, 15) is 0 Å². The van der Waals surface area contributed by atoms with Crippen molar-refractivity contribution in [3.8, 4) is 0 Å². The molecule has 0 radical (unpaired) electrons. The first kappa shape index (κ1) is 24.4. The lowest BCUT2D eigenvalue weighted by Gasteiger charge is -2.24. The van der Waals surface area contributed by atoms with Crippen LogP contribution in [0.5, 0.6) is 0 Å². The topological polar surface area (TPSA) is 34.4 Å². The minimum Gasteiger partial charge on any atom is -0.309 e. The molecule has 0 saturated carbocycles. The zero-order valence-corrected chi connectivity index (χ0v) is 24.1. The lowest BCUT2D eigenvalue weighted by Crippen LogP contribution is -2.26. The largest absolute Gasteiger partial charge is 0.309 e. The van der Waals surface area contributed by atoms with Crippen molar-refractivity contribution in [2.24, 2.45) is 0 Å². The van der Waals surface area contributed by atoms with E-state index in [0.717, 1.165) is 75.8 Å². The van der Waals surface area contributed by atoms with Gasteiger partial charge in [0.15, 0.2) is 7.14 Å². The summed E-state index contributed by atoms with van der Waals surface area (Å²) in [6.45, 7) is 0. The van der Waals surface area contributed by atoms with Gasteiger partial charge in [0.25, 0.3) is 0 Å². The predicted octanol–water partition coefficient (Wildman–Crippen LogP) is 8.74. The molecule has 7 aromatic carbocycles. The Morgan fingerprint density at radius 1 is 0.488 bits per heavy atom. The molecule has 0 atom stereocenters. The van der Waals surface area contributed by atoms with Crippen molar-refractivity contribution >= 4 is 83.0 Å². The lowest BCUT2D eigenvalue weighted by molar-refractivity contribution is 0.592. The average Bonchev–Trinajstić information content (AvgIpc) is 3.47. The van der Waals surface area contributed by atoms with E-state index in [2.05, 4.69) is 89.3 Å². The summed E-state index contributed by atoms with van der Waals surface area (Å²) in [7, 11) is -3.34. The van der Waals surface area contributed by atoms with Crippen molar-refractivity contribution in [2.45, 2.75) is 0 Å². The molecule has 0 aliphatic rings. The molecule has 0 unspecified atom stereocenters. The van der Waals surface area contributed by atoms with Gasteiger partial charge in [-0.1, -0.05) is 121 Å². The van der Waals surface area contributed by atoms with Crippen molar-refractivity contribution in [2.75, 3.05) is 0 Å². The summed E-state index contributed by atoms with van der Waals surface area (Å²) in [4.78, 5) is 5.27. The van der Waals surface area contributed by atoms with Gasteiger partial charge < -0.3 is 4.57 Å². The van der Waals surface area contributed by atoms with E-state index < -0.39 is 7.14 Å². The lowest BCUT2D eigenvalue weighted by atomic mass is 9.97. The molecule has 2 aromatic heterocycles. The van der Waals surface area contributed by atoms with Crippen LogP contribution in [0, 0.1) is 0 Å². The van der Waals surface area contributed by atoms with Crippen LogP contribution in [0.15, 0.2) is 152 Å². The van der Waals surface area contributed by atoms with E-state index in [4.69, 9.17) is 4.98 Å². The molecule has 0 amide bonds. The van der Waals surface area contributed by atoms with Gasteiger partial charge in [0, 0.05) is 32.1 Å². The van der Waals surface area contributed by atoms with Crippen molar-refractivity contribution in [3.63, 3.8) is 0 Å². The second-order valence-electron chi connectivity index (χ2n) is 11.1. The summed E-state index contributed by atoms with van der Waals surface area (Å²) in [5, 5.41) is 10.0. The van der Waals surface area contributed by atoms with E-state index >= 15 is 4.57 Å². The highest BCUT2D eigenvalue weighted by atomic mass is 31.2. The SMILES string of the molecule is O=P(c1ccccc1)(c1ccccc1)c1cc2ccccc2c2c1c1cc3ccccc3cc1n1c3ccccc3nc21. The van der Waals surface area contributed by atoms with E-state index in [0.29, 0.717) is 0 Å². The van der Waals surface area contributed by atoms with Crippen molar-refractivity contribution in [1.29, 1.82) is 0 Å². The van der Waals surface area contributed by atoms with E-state index in [-0.39, 0.29) is 0 Å². The van der Waals surface area contributed by atoms with Crippen molar-refractivity contribution < 1.29 is 4.57 Å². The van der Waals surface area contributed by atoms with Crippen LogP contribution in [-0.4, -0.2) is 9.38 Å². The van der Waals surface area contributed by atoms with Crippen LogP contribution in [0.3, 0.4) is 0 Å². The summed E-state index contributed by atoms with van der Waals surface area (Å²) in [6.07, 6.45) is 0. The number of para-hydroxylation sites is 2. The second kappa shape index (κ2) is 9.13. The number of aromatic nitrogens is 2. The van der Waals surface area contributed by atoms with Gasteiger partial charge in [-0.2, -0.15) is 0 Å². The normalized spacial score (nSPS) is 12.3. The second-order valence-corrected chi connectivity index (χ2v) is 13.9. The summed E-state index contributed by atoms with van der Waals surface area (Å²) in [5.41, 5.74) is 3.93. The monoisotopic (exact) mass is 568 g/mol. The molecule has 0 N–H and O–H groups in total. The maximum atomic E-state index is 16.1. The Bertz CT molecular complexity index is 2540. The average molecular weight is 569 g/mol. The molecule has 9 rings (SSSR count). The van der Waals surface area contributed by atoms with Crippen molar-refractivity contribution in [3.05, 3.63) is 152 Å². The molecule has 43 heavy (non-hydrogen) atoms. The Morgan fingerprint density at radius 3 is 1.79 bits per heavy atom. The Morgan fingerprint density at radius 2 is 1.07 bits per heavy atom. The number of benzene rings is 7. The molecule has 0 spiro atoms. The van der Waals surface area contributed by atoms with Crippen LogP contribution in [0.25, 0.3) is 59.9 Å². The number of hydrogen-bond acceptors (Lipinski definition) is 2. The van der Waals surface area contributed by atoms with Gasteiger partial charge in [-0.25, -0.2) is 4.98 Å². The smallest absolute Gasteiger partial charge is 0.171 e. The minimum atomic E-state index is -3.34. The summed E-state index contributed by atoms with van der Waals surface area (Å²) < 4.78 is 18.4. The quantitative estimate of drug-likeness (QED) is 0.121. The highest BCUT2D eigenvalue weighted by molar-refractivity contribution is 7.85. The van der Waals surface area contributed by atoms with Gasteiger partial charge in [0.1, 0.15) is 5.65 Å². The van der Waals surface area contributed by atoms with Crippen LogP contribution in [0.2, 0.25) is 0 Å². The van der Waals surface area contributed by atoms with Gasteiger partial charge in [0.05, 0.1) is 16.6 Å². The van der Waals surface area contributed by atoms with Crippen LogP contribution < -0.4 is 15.9 Å². The maximum Gasteiger partial charge on any atom is 0.171 e. The highest BCUT2D eigenvalue weighted by Gasteiger charge is 2.33. The van der Waals surface area contributed by atoms with Gasteiger partial charge in [-0.3, -0.25) is 4.40 Å². The molecule has 2 heterocycles. The number of pyridine rings is 1. The zero-order chi connectivity index (χ0) is 28.5. The first-order valence-electron chi connectivity index (χ1n) is 14.5. The van der Waals surface area contributed by atoms with E-state index in [1.54, 1.807) is 0 Å². The van der Waals surface area contributed by atoms with Gasteiger partial charge in [-0.15, -0.1) is 0 Å². The predicted molar refractivity (Wildman–Crippen MR) is 182 cm³/mol. The molecule has 0 aliphatic heterocycles. The Hall–Kier alpha value is -5.24. The maximum absolute atomic E-state index is 16.1. The number of rotatable bonds is 3. The van der Waals surface area contributed by atoms with E-state index in [1.165, 1.54) is 0 Å². The zero-order valence-electron chi connectivity index (χ0n) is 23.2. The van der Waals surface area contributed by atoms with E-state index in [1.807, 2.05) is 66.7 Å². The third-order valence-electron chi connectivity index (χ3n) is 8.77. The molecule has 0 saturated heterocycles. The third-order valence-corrected chi connectivity index (χ3v) is 11.8. The van der Waals surface area contributed by atoms with Crippen LogP contribution in [-0.2, 0) is 4.57 Å². The minimum absolute atomic E-state index is 0.820. The van der Waals surface area contributed by atoms with Crippen molar-refractivity contribution in [1.82, 2.24) is 9.38 Å². The molecule has 9 aromatic rings. The first-order valence-corrected chi connectivity index (χ1v) is 16.2. The molecule has 3 nitrogen and oxygen atoms in total. The fraction of sp³-hybridized carbons (Fsp3) is 0. The number of nitrogens with zero attached hydrogens (tertiary/aromatic N) is 2. The third kappa shape index (κ3) is 3.43. The van der Waals surface area contributed by atoms with Crippen LogP contribution in [0.1, 0.15) is 0 Å². The Labute approximate surface area is 248 Å². The summed E-state index contributed by atoms with van der Waals surface area (Å²) in [6, 6.07) is 51.9. The number of fused-ring (bicyclic) bond motifs is 11. The molecular formula is C39H25N2OP. The molecule has 0 fully saturated rings. The Kier molecular flexibility index (Phi) is 5.17. The Balaban J connectivity index is 1.62.